The first-order valence-electron chi connectivity index (χ1n) is 8.34. The van der Waals surface area contributed by atoms with Crippen LogP contribution in [0.15, 0.2) is 60.8 Å². The van der Waals surface area contributed by atoms with Crippen molar-refractivity contribution in [1.82, 2.24) is 19.9 Å². The van der Waals surface area contributed by atoms with Crippen LogP contribution >= 0.6 is 11.3 Å². The molecule has 0 unspecified atom stereocenters. The Labute approximate surface area is 164 Å². The highest BCUT2D eigenvalue weighted by Gasteiger charge is 2.13. The van der Waals surface area contributed by atoms with E-state index in [2.05, 4.69) is 25.3 Å². The molecule has 0 radical (unpaired) electrons. The molecule has 1 N–H and O–H groups in total. The molecule has 4 aromatic rings. The Kier molecular flexibility index (Phi) is 4.86. The maximum absolute atomic E-state index is 13.7. The van der Waals surface area contributed by atoms with E-state index in [1.54, 1.807) is 23.0 Å². The monoisotopic (exact) mass is 391 g/mol. The predicted octanol–water partition coefficient (Wildman–Crippen LogP) is 4.36. The number of amides is 1. The third-order valence-electron chi connectivity index (χ3n) is 4.14. The van der Waals surface area contributed by atoms with E-state index in [0.717, 1.165) is 27.8 Å². The van der Waals surface area contributed by atoms with Crippen molar-refractivity contribution in [2.45, 2.75) is 6.92 Å². The zero-order valence-electron chi connectivity index (χ0n) is 14.8. The van der Waals surface area contributed by atoms with Gasteiger partial charge in [-0.25, -0.2) is 9.37 Å². The van der Waals surface area contributed by atoms with Crippen LogP contribution in [-0.2, 0) is 0 Å². The number of carbonyl (C=O) groups excluding carboxylic acids is 1. The van der Waals surface area contributed by atoms with Crippen molar-refractivity contribution < 1.29 is 9.18 Å². The highest BCUT2D eigenvalue weighted by atomic mass is 32.1. The fraction of sp³-hybridized carbons (Fsp3) is 0.0500. The number of rotatable bonds is 4. The molecule has 138 valence electrons. The Balaban J connectivity index is 1.58. The van der Waals surface area contributed by atoms with E-state index in [1.807, 2.05) is 31.3 Å². The largest absolute Gasteiger partial charge is 0.305 e. The minimum absolute atomic E-state index is 0.103. The average Bonchev–Trinajstić information content (AvgIpc) is 3.24. The van der Waals surface area contributed by atoms with Gasteiger partial charge in [0.05, 0.1) is 40.2 Å². The van der Waals surface area contributed by atoms with Gasteiger partial charge >= 0.3 is 0 Å². The number of aryl methyl sites for hydroxylation is 1. The Hall–Kier alpha value is -3.52. The van der Waals surface area contributed by atoms with Crippen molar-refractivity contribution >= 4 is 23.1 Å². The minimum atomic E-state index is -0.694. The average molecular weight is 391 g/mol. The summed E-state index contributed by atoms with van der Waals surface area (Å²) in [6.07, 6.45) is 7.19. The molecule has 1 aromatic carbocycles. The molecule has 1 amide bonds. The van der Waals surface area contributed by atoms with Gasteiger partial charge in [0.15, 0.2) is 11.6 Å². The summed E-state index contributed by atoms with van der Waals surface area (Å²) in [7, 11) is 0. The predicted molar refractivity (Wildman–Crippen MR) is 105 cm³/mol. The number of nitrogens with one attached hydrogen (secondary N) is 1. The van der Waals surface area contributed by atoms with Crippen LogP contribution in [0.1, 0.15) is 15.9 Å². The maximum atomic E-state index is 13.7. The molecule has 0 spiro atoms. The van der Waals surface area contributed by atoms with Gasteiger partial charge in [0, 0.05) is 18.0 Å². The molecule has 6 nitrogen and oxygen atoms in total. The SMILES string of the molecule is Cc1ccc(-c2cncs2)cc1-c1cnc(NC(=O)c2ccncc2F)cn1. The Bertz CT molecular complexity index is 1130. The molecular formula is C20H14FN5OS. The van der Waals surface area contributed by atoms with Gasteiger partial charge in [0.25, 0.3) is 5.91 Å². The van der Waals surface area contributed by atoms with Gasteiger partial charge in [-0.3, -0.25) is 19.7 Å². The number of pyridine rings is 1. The van der Waals surface area contributed by atoms with Crippen LogP contribution in [0.2, 0.25) is 0 Å². The number of anilines is 1. The molecule has 3 heterocycles. The summed E-state index contributed by atoms with van der Waals surface area (Å²) < 4.78 is 13.7. The summed E-state index contributed by atoms with van der Waals surface area (Å²) in [5.74, 6) is -1.06. The molecule has 0 aliphatic rings. The van der Waals surface area contributed by atoms with Crippen LogP contribution < -0.4 is 5.32 Å². The van der Waals surface area contributed by atoms with Crippen molar-refractivity contribution in [2.24, 2.45) is 0 Å². The van der Waals surface area contributed by atoms with Crippen molar-refractivity contribution in [1.29, 1.82) is 0 Å². The Morgan fingerprint density at radius 2 is 1.96 bits per heavy atom. The van der Waals surface area contributed by atoms with E-state index in [0.29, 0.717) is 5.69 Å². The van der Waals surface area contributed by atoms with Gasteiger partial charge in [0.2, 0.25) is 0 Å². The number of hydrogen-bond donors (Lipinski definition) is 1. The van der Waals surface area contributed by atoms with Crippen LogP contribution in [0.5, 0.6) is 0 Å². The number of benzene rings is 1. The molecule has 0 bridgehead atoms. The van der Waals surface area contributed by atoms with E-state index >= 15 is 0 Å². The molecule has 28 heavy (non-hydrogen) atoms. The Morgan fingerprint density at radius 3 is 2.68 bits per heavy atom. The summed E-state index contributed by atoms with van der Waals surface area (Å²) in [6, 6.07) is 7.41. The van der Waals surface area contributed by atoms with E-state index in [9.17, 15) is 9.18 Å². The highest BCUT2D eigenvalue weighted by molar-refractivity contribution is 7.13. The Morgan fingerprint density at radius 1 is 1.07 bits per heavy atom. The summed E-state index contributed by atoms with van der Waals surface area (Å²) in [4.78, 5) is 29.6. The third-order valence-corrected chi connectivity index (χ3v) is 4.96. The number of hydrogen-bond acceptors (Lipinski definition) is 6. The molecule has 8 heteroatoms. The van der Waals surface area contributed by atoms with Crippen molar-refractivity contribution in [2.75, 3.05) is 5.32 Å². The van der Waals surface area contributed by atoms with Gasteiger partial charge < -0.3 is 5.32 Å². The number of carbonyl (C=O) groups is 1. The molecule has 0 aliphatic heterocycles. The second-order valence-corrected chi connectivity index (χ2v) is 6.88. The fourth-order valence-corrected chi connectivity index (χ4v) is 3.30. The molecule has 0 atom stereocenters. The first kappa shape index (κ1) is 17.9. The third kappa shape index (κ3) is 3.63. The second kappa shape index (κ2) is 7.61. The maximum Gasteiger partial charge on any atom is 0.259 e. The first-order valence-corrected chi connectivity index (χ1v) is 9.22. The lowest BCUT2D eigenvalue weighted by molar-refractivity contribution is 0.102. The van der Waals surface area contributed by atoms with Crippen LogP contribution in [0, 0.1) is 12.7 Å². The van der Waals surface area contributed by atoms with Crippen LogP contribution in [0.25, 0.3) is 21.7 Å². The van der Waals surface area contributed by atoms with Gasteiger partial charge in [-0.15, -0.1) is 11.3 Å². The molecular weight excluding hydrogens is 377 g/mol. The van der Waals surface area contributed by atoms with Crippen LogP contribution in [0.4, 0.5) is 10.2 Å². The number of thiazole rings is 1. The second-order valence-electron chi connectivity index (χ2n) is 5.99. The lowest BCUT2D eigenvalue weighted by Crippen LogP contribution is -2.15. The molecule has 3 aromatic heterocycles. The number of halogens is 1. The zero-order valence-corrected chi connectivity index (χ0v) is 15.6. The normalized spacial score (nSPS) is 10.6. The van der Waals surface area contributed by atoms with E-state index in [-0.39, 0.29) is 11.4 Å². The lowest BCUT2D eigenvalue weighted by Gasteiger charge is -2.09. The highest BCUT2D eigenvalue weighted by Crippen LogP contribution is 2.30. The fourth-order valence-electron chi connectivity index (χ4n) is 2.68. The van der Waals surface area contributed by atoms with E-state index < -0.39 is 11.7 Å². The molecule has 4 rings (SSSR count). The van der Waals surface area contributed by atoms with Gasteiger partial charge in [0.1, 0.15) is 0 Å². The summed E-state index contributed by atoms with van der Waals surface area (Å²) in [5, 5.41) is 2.54. The van der Waals surface area contributed by atoms with E-state index in [4.69, 9.17) is 0 Å². The van der Waals surface area contributed by atoms with Gasteiger partial charge in [-0.1, -0.05) is 12.1 Å². The molecule has 0 fully saturated rings. The van der Waals surface area contributed by atoms with E-state index in [1.165, 1.54) is 18.5 Å². The van der Waals surface area contributed by atoms with Gasteiger partial charge in [-0.05, 0) is 30.2 Å². The molecule has 0 saturated heterocycles. The summed E-state index contributed by atoms with van der Waals surface area (Å²) in [5.41, 5.74) is 5.41. The van der Waals surface area contributed by atoms with Crippen molar-refractivity contribution in [3.05, 3.63) is 77.7 Å². The molecule has 0 aliphatic carbocycles. The zero-order chi connectivity index (χ0) is 19.5. The first-order chi connectivity index (χ1) is 13.6. The number of aromatic nitrogens is 4. The lowest BCUT2D eigenvalue weighted by atomic mass is 10.0. The smallest absolute Gasteiger partial charge is 0.259 e. The number of nitrogens with zero attached hydrogens (tertiary/aromatic N) is 4. The van der Waals surface area contributed by atoms with Crippen molar-refractivity contribution in [3.8, 4) is 21.7 Å². The quantitative estimate of drug-likeness (QED) is 0.559. The topological polar surface area (TPSA) is 80.7 Å². The molecule has 0 saturated carbocycles. The van der Waals surface area contributed by atoms with Crippen molar-refractivity contribution in [3.63, 3.8) is 0 Å². The summed E-state index contributed by atoms with van der Waals surface area (Å²) in [6.45, 7) is 2.00. The standard InChI is InChI=1S/C20H14FN5OS/c1-12-2-3-13(18-9-23-11-28-18)6-15(12)17-8-25-19(10-24-17)26-20(27)14-4-5-22-7-16(14)21/h2-11H,1H3,(H,25,26,27). The van der Waals surface area contributed by atoms with Crippen LogP contribution in [0.3, 0.4) is 0 Å². The van der Waals surface area contributed by atoms with Crippen LogP contribution in [-0.4, -0.2) is 25.8 Å². The summed E-state index contributed by atoms with van der Waals surface area (Å²) >= 11 is 1.56. The van der Waals surface area contributed by atoms with Gasteiger partial charge in [-0.2, -0.15) is 0 Å². The minimum Gasteiger partial charge on any atom is -0.305 e.